The highest BCUT2D eigenvalue weighted by molar-refractivity contribution is 8.00. The topological polar surface area (TPSA) is 38.0 Å². The molecule has 0 amide bonds. The molecule has 2 unspecified atom stereocenters. The average Bonchev–Trinajstić information content (AvgIpc) is 2.45. The van der Waals surface area contributed by atoms with Crippen LogP contribution in [0.1, 0.15) is 13.3 Å². The van der Waals surface area contributed by atoms with E-state index >= 15 is 0 Å². The third-order valence-corrected chi connectivity index (χ3v) is 3.80. The van der Waals surface area contributed by atoms with Gasteiger partial charge in [-0.1, -0.05) is 6.92 Å². The Morgan fingerprint density at radius 3 is 2.77 bits per heavy atom. The van der Waals surface area contributed by atoms with Gasteiger partial charge < -0.3 is 11.1 Å². The number of rotatable bonds is 4. The number of hydrogen-bond donors (Lipinski definition) is 2. The number of thioether (sulfide) groups is 1. The Morgan fingerprint density at radius 2 is 2.38 bits per heavy atom. The quantitative estimate of drug-likeness (QED) is 0.729. The lowest BCUT2D eigenvalue weighted by Crippen LogP contribution is -2.53. The molecule has 0 saturated carbocycles. The van der Waals surface area contributed by atoms with Crippen LogP contribution in [0, 0.1) is 0 Å². The van der Waals surface area contributed by atoms with Crippen molar-refractivity contribution < 1.29 is 8.78 Å². The second kappa shape index (κ2) is 4.57. The van der Waals surface area contributed by atoms with Gasteiger partial charge in [0.1, 0.15) is 0 Å². The predicted octanol–water partition coefficient (Wildman–Crippen LogP) is 1.06. The van der Waals surface area contributed by atoms with E-state index in [1.165, 1.54) is 0 Å². The summed E-state index contributed by atoms with van der Waals surface area (Å²) in [6, 6.07) is 0. The lowest BCUT2D eigenvalue weighted by atomic mass is 9.96. The van der Waals surface area contributed by atoms with Crippen LogP contribution in [0.25, 0.3) is 0 Å². The van der Waals surface area contributed by atoms with Crippen molar-refractivity contribution in [2.45, 2.75) is 30.6 Å². The van der Waals surface area contributed by atoms with Gasteiger partial charge in [0.05, 0.1) is 6.54 Å². The summed E-state index contributed by atoms with van der Waals surface area (Å²) in [5.41, 5.74) is 5.35. The predicted molar refractivity (Wildman–Crippen MR) is 52.3 cm³/mol. The first-order chi connectivity index (χ1) is 6.08. The Balaban J connectivity index is 2.41. The minimum atomic E-state index is -2.29. The van der Waals surface area contributed by atoms with Crippen LogP contribution in [0.3, 0.4) is 0 Å². The Bertz CT molecular complexity index is 168. The maximum Gasteiger partial charge on any atom is 0.250 e. The molecule has 0 aromatic heterocycles. The highest BCUT2D eigenvalue weighted by atomic mass is 32.2. The third kappa shape index (κ3) is 3.07. The first-order valence-corrected chi connectivity index (χ1v) is 5.48. The van der Waals surface area contributed by atoms with Crippen LogP contribution in [-0.2, 0) is 0 Å². The molecule has 0 spiro atoms. The molecule has 1 fully saturated rings. The van der Waals surface area contributed by atoms with E-state index in [0.29, 0.717) is 11.8 Å². The Morgan fingerprint density at radius 1 is 1.69 bits per heavy atom. The van der Waals surface area contributed by atoms with Crippen molar-refractivity contribution in [1.82, 2.24) is 5.32 Å². The van der Waals surface area contributed by atoms with E-state index in [2.05, 4.69) is 12.2 Å². The van der Waals surface area contributed by atoms with E-state index in [1.807, 2.05) is 0 Å². The van der Waals surface area contributed by atoms with Crippen LogP contribution >= 0.6 is 11.8 Å². The lowest BCUT2D eigenvalue weighted by molar-refractivity contribution is 0.132. The van der Waals surface area contributed by atoms with E-state index in [4.69, 9.17) is 5.73 Å². The van der Waals surface area contributed by atoms with Crippen LogP contribution in [0.5, 0.6) is 0 Å². The fourth-order valence-electron chi connectivity index (χ4n) is 1.60. The molecule has 13 heavy (non-hydrogen) atoms. The molecule has 1 heterocycles. The van der Waals surface area contributed by atoms with Gasteiger partial charge in [0.15, 0.2) is 0 Å². The molecular formula is C8H16F2N2S. The lowest BCUT2D eigenvalue weighted by Gasteiger charge is -2.28. The summed E-state index contributed by atoms with van der Waals surface area (Å²) in [4.78, 5) is 0. The molecule has 1 aliphatic heterocycles. The molecule has 0 radical (unpaired) electrons. The monoisotopic (exact) mass is 210 g/mol. The standard InChI is InChI=1S/C8H16F2N2S/c1-6-2-8(4-11,5-13-6)12-3-7(9)10/h6-7,12H,2-5,11H2,1H3. The third-order valence-electron chi connectivity index (χ3n) is 2.34. The molecule has 78 valence electrons. The van der Waals surface area contributed by atoms with E-state index in [0.717, 1.165) is 12.2 Å². The summed E-state index contributed by atoms with van der Waals surface area (Å²) < 4.78 is 24.0. The molecular weight excluding hydrogens is 194 g/mol. The first kappa shape index (κ1) is 11.2. The molecule has 2 nitrogen and oxygen atoms in total. The number of hydrogen-bond acceptors (Lipinski definition) is 3. The summed E-state index contributed by atoms with van der Waals surface area (Å²) in [7, 11) is 0. The largest absolute Gasteiger partial charge is 0.329 e. The van der Waals surface area contributed by atoms with Crippen molar-refractivity contribution in [2.24, 2.45) is 5.73 Å². The van der Waals surface area contributed by atoms with Gasteiger partial charge in [-0.05, 0) is 6.42 Å². The Kier molecular flexibility index (Phi) is 3.94. The zero-order valence-electron chi connectivity index (χ0n) is 7.72. The van der Waals surface area contributed by atoms with Gasteiger partial charge in [0, 0.05) is 23.1 Å². The zero-order valence-corrected chi connectivity index (χ0v) is 8.54. The van der Waals surface area contributed by atoms with Gasteiger partial charge in [0.2, 0.25) is 0 Å². The van der Waals surface area contributed by atoms with Gasteiger partial charge in [-0.15, -0.1) is 0 Å². The van der Waals surface area contributed by atoms with Crippen LogP contribution < -0.4 is 11.1 Å². The summed E-state index contributed by atoms with van der Waals surface area (Å²) in [6.45, 7) is 2.30. The SMILES string of the molecule is CC1CC(CN)(NCC(F)F)CS1. The van der Waals surface area contributed by atoms with Gasteiger partial charge in [0.25, 0.3) is 6.43 Å². The van der Waals surface area contributed by atoms with Crippen molar-refractivity contribution in [1.29, 1.82) is 0 Å². The molecule has 1 rings (SSSR count). The van der Waals surface area contributed by atoms with Crippen molar-refractivity contribution in [2.75, 3.05) is 18.8 Å². The average molecular weight is 210 g/mol. The first-order valence-electron chi connectivity index (χ1n) is 4.43. The van der Waals surface area contributed by atoms with Gasteiger partial charge in [-0.25, -0.2) is 8.78 Å². The summed E-state index contributed by atoms with van der Waals surface area (Å²) >= 11 is 1.79. The maximum atomic E-state index is 12.0. The second-order valence-electron chi connectivity index (χ2n) is 3.58. The number of nitrogens with one attached hydrogen (secondary N) is 1. The van der Waals surface area contributed by atoms with Gasteiger partial charge in [-0.3, -0.25) is 0 Å². The number of halogens is 2. The Labute approximate surface area is 81.6 Å². The molecule has 1 aliphatic rings. The summed E-state index contributed by atoms with van der Waals surface area (Å²) in [6.07, 6.45) is -1.40. The molecule has 5 heteroatoms. The van der Waals surface area contributed by atoms with Crippen LogP contribution in [0.4, 0.5) is 8.78 Å². The van der Waals surface area contributed by atoms with Crippen molar-refractivity contribution in [3.8, 4) is 0 Å². The van der Waals surface area contributed by atoms with Crippen molar-refractivity contribution in [3.05, 3.63) is 0 Å². The Hall–Kier alpha value is 0.130. The molecule has 0 bridgehead atoms. The van der Waals surface area contributed by atoms with Crippen LogP contribution in [-0.4, -0.2) is 36.1 Å². The highest BCUT2D eigenvalue weighted by Gasteiger charge is 2.36. The molecule has 0 aliphatic carbocycles. The van der Waals surface area contributed by atoms with E-state index in [-0.39, 0.29) is 12.1 Å². The van der Waals surface area contributed by atoms with Crippen molar-refractivity contribution in [3.63, 3.8) is 0 Å². The van der Waals surface area contributed by atoms with Gasteiger partial charge >= 0.3 is 0 Å². The number of alkyl halides is 2. The van der Waals surface area contributed by atoms with Crippen LogP contribution in [0.15, 0.2) is 0 Å². The summed E-state index contributed by atoms with van der Waals surface area (Å²) in [5.74, 6) is 0.845. The molecule has 0 aromatic carbocycles. The normalized spacial score (nSPS) is 34.4. The smallest absolute Gasteiger partial charge is 0.250 e. The summed E-state index contributed by atoms with van der Waals surface area (Å²) in [5, 5.41) is 3.40. The fourth-order valence-corrected chi connectivity index (χ4v) is 2.98. The van der Waals surface area contributed by atoms with E-state index < -0.39 is 6.43 Å². The van der Waals surface area contributed by atoms with E-state index in [1.54, 1.807) is 11.8 Å². The molecule has 2 atom stereocenters. The van der Waals surface area contributed by atoms with E-state index in [9.17, 15) is 8.78 Å². The minimum absolute atomic E-state index is 0.246. The molecule has 0 aromatic rings. The van der Waals surface area contributed by atoms with Crippen molar-refractivity contribution >= 4 is 11.8 Å². The van der Waals surface area contributed by atoms with Crippen LogP contribution in [0.2, 0.25) is 0 Å². The molecule has 1 saturated heterocycles. The van der Waals surface area contributed by atoms with Gasteiger partial charge in [-0.2, -0.15) is 11.8 Å². The zero-order chi connectivity index (χ0) is 9.90. The highest BCUT2D eigenvalue weighted by Crippen LogP contribution is 2.33. The number of nitrogens with two attached hydrogens (primary N) is 1. The minimum Gasteiger partial charge on any atom is -0.329 e. The second-order valence-corrected chi connectivity index (χ2v) is 5.01. The maximum absolute atomic E-state index is 12.0. The fraction of sp³-hybridized carbons (Fsp3) is 1.00. The molecule has 3 N–H and O–H groups in total.